The van der Waals surface area contributed by atoms with Gasteiger partial charge in [0, 0.05) is 5.75 Å². The van der Waals surface area contributed by atoms with Crippen LogP contribution in [-0.2, 0) is 4.79 Å². The van der Waals surface area contributed by atoms with Crippen LogP contribution in [0.25, 0.3) is 0 Å². The molecule has 2 amide bonds. The Balaban J connectivity index is 0. The van der Waals surface area contributed by atoms with Crippen molar-refractivity contribution in [1.82, 2.24) is 5.32 Å². The molecule has 0 aromatic heterocycles. The number of hydrogen-bond acceptors (Lipinski definition) is 4. The number of nitrogens with one attached hydrogen (secondary N) is 1. The fraction of sp³-hybridized carbons (Fsp3) is 0.600. The zero-order chi connectivity index (χ0) is 10.1. The molecule has 12 heavy (non-hydrogen) atoms. The van der Waals surface area contributed by atoms with Crippen molar-refractivity contribution in [3.05, 3.63) is 0 Å². The number of primary amides is 2. The predicted molar refractivity (Wildman–Crippen MR) is 48.1 cm³/mol. The molecular formula is C5H13N3O3S. The van der Waals surface area contributed by atoms with Gasteiger partial charge in [0.15, 0.2) is 0 Å². The fourth-order valence-corrected chi connectivity index (χ4v) is 0.632. The third-order valence-corrected chi connectivity index (χ3v) is 1.19. The first kappa shape index (κ1) is 13.6. The number of amides is 2. The number of rotatable bonds is 3. The summed E-state index contributed by atoms with van der Waals surface area (Å²) < 4.78 is 0. The van der Waals surface area contributed by atoms with Gasteiger partial charge in [0.1, 0.15) is 6.04 Å². The predicted octanol–water partition coefficient (Wildman–Crippen LogP) is -1.39. The lowest BCUT2D eigenvalue weighted by Crippen LogP contribution is -2.35. The quantitative estimate of drug-likeness (QED) is 0.356. The van der Waals surface area contributed by atoms with Crippen molar-refractivity contribution >= 4 is 24.6 Å². The highest BCUT2D eigenvalue weighted by Gasteiger charge is 2.10. The summed E-state index contributed by atoms with van der Waals surface area (Å²) in [6, 6.07) is -1.35. The van der Waals surface area contributed by atoms with Crippen molar-refractivity contribution in [3.8, 4) is 0 Å². The second kappa shape index (κ2) is 8.15. The van der Waals surface area contributed by atoms with Crippen LogP contribution in [0.5, 0.6) is 0 Å². The van der Waals surface area contributed by atoms with Crippen LogP contribution < -0.4 is 16.8 Å². The topological polar surface area (TPSA) is 118 Å². The van der Waals surface area contributed by atoms with Crippen molar-refractivity contribution in [1.29, 1.82) is 0 Å². The Bertz CT molecular complexity index is 145. The van der Waals surface area contributed by atoms with Crippen molar-refractivity contribution < 1.29 is 14.7 Å². The van der Waals surface area contributed by atoms with Crippen LogP contribution in [0.15, 0.2) is 0 Å². The van der Waals surface area contributed by atoms with E-state index in [2.05, 4.69) is 29.4 Å². The van der Waals surface area contributed by atoms with Gasteiger partial charge in [-0.15, -0.1) is 0 Å². The number of carbonyl (C=O) groups excluding carboxylic acids is 1. The normalized spacial score (nSPS) is 10.8. The van der Waals surface area contributed by atoms with E-state index in [1.807, 2.05) is 0 Å². The first-order valence-corrected chi connectivity index (χ1v) is 3.64. The van der Waals surface area contributed by atoms with Crippen molar-refractivity contribution in [2.45, 2.75) is 6.04 Å². The number of thiol groups is 1. The van der Waals surface area contributed by atoms with Gasteiger partial charge in [-0.3, -0.25) is 4.79 Å². The highest BCUT2D eigenvalue weighted by atomic mass is 32.1. The van der Waals surface area contributed by atoms with Gasteiger partial charge >= 0.3 is 12.0 Å². The molecule has 0 rings (SSSR count). The van der Waals surface area contributed by atoms with Crippen LogP contribution in [0, 0.1) is 0 Å². The molecule has 7 heteroatoms. The van der Waals surface area contributed by atoms with E-state index in [4.69, 9.17) is 9.90 Å². The van der Waals surface area contributed by atoms with Crippen LogP contribution in [0.1, 0.15) is 0 Å². The Hall–Kier alpha value is -0.950. The first-order valence-electron chi connectivity index (χ1n) is 3.01. The minimum atomic E-state index is -0.859. The monoisotopic (exact) mass is 195 g/mol. The smallest absolute Gasteiger partial charge is 0.321 e. The number of carboxylic acids is 1. The summed E-state index contributed by atoms with van der Waals surface area (Å²) in [6.45, 7) is 0. The average molecular weight is 195 g/mol. The van der Waals surface area contributed by atoms with Gasteiger partial charge in [-0.25, -0.2) is 4.79 Å². The van der Waals surface area contributed by atoms with Gasteiger partial charge in [-0.1, -0.05) is 0 Å². The molecule has 6 N–H and O–H groups in total. The van der Waals surface area contributed by atoms with E-state index in [9.17, 15) is 4.79 Å². The molecule has 0 aromatic rings. The molecule has 0 aliphatic carbocycles. The fourth-order valence-electron chi connectivity index (χ4n) is 0.293. The van der Waals surface area contributed by atoms with Crippen molar-refractivity contribution in [3.63, 3.8) is 0 Å². The van der Waals surface area contributed by atoms with Crippen molar-refractivity contribution in [2.75, 3.05) is 12.8 Å². The molecule has 0 fully saturated rings. The molecule has 0 spiro atoms. The molecule has 0 aliphatic heterocycles. The molecule has 0 saturated heterocycles. The zero-order valence-corrected chi connectivity index (χ0v) is 7.54. The van der Waals surface area contributed by atoms with Gasteiger partial charge < -0.3 is 21.9 Å². The molecule has 0 aromatic carbocycles. The minimum absolute atomic E-state index is 0.325. The lowest BCUT2D eigenvalue weighted by molar-refractivity contribution is -0.138. The molecule has 0 radical (unpaired) electrons. The summed E-state index contributed by atoms with van der Waals surface area (Å²) in [5.74, 6) is -0.534. The second-order valence-electron chi connectivity index (χ2n) is 1.76. The number of carbonyl (C=O) groups is 2. The van der Waals surface area contributed by atoms with E-state index < -0.39 is 18.0 Å². The number of carboxylic acid groups (broad SMARTS) is 1. The van der Waals surface area contributed by atoms with Crippen LogP contribution >= 0.6 is 12.6 Å². The number of nitrogens with two attached hydrogens (primary N) is 2. The summed E-state index contributed by atoms with van der Waals surface area (Å²) >= 11 is 3.79. The molecule has 0 saturated carbocycles. The van der Waals surface area contributed by atoms with Crippen LogP contribution in [0.3, 0.4) is 0 Å². The van der Waals surface area contributed by atoms with E-state index in [-0.39, 0.29) is 0 Å². The standard InChI is InChI=1S/C4H9NO2S.CH4N2O/c1-5-3(2-8)4(6)7;2-1(3)4/h3,5,8H,2H2,1H3,(H,6,7);(H4,2,3,4). The molecule has 1 atom stereocenters. The number of urea groups is 1. The van der Waals surface area contributed by atoms with E-state index >= 15 is 0 Å². The van der Waals surface area contributed by atoms with Gasteiger partial charge in [0.2, 0.25) is 0 Å². The Morgan fingerprint density at radius 2 is 1.92 bits per heavy atom. The molecule has 0 bridgehead atoms. The summed E-state index contributed by atoms with van der Waals surface area (Å²) in [7, 11) is 1.59. The maximum Gasteiger partial charge on any atom is 0.321 e. The lowest BCUT2D eigenvalue weighted by atomic mass is 10.3. The molecule has 1 unspecified atom stereocenters. The Morgan fingerprint density at radius 3 is 1.92 bits per heavy atom. The molecule has 72 valence electrons. The summed E-state index contributed by atoms with van der Waals surface area (Å²) in [4.78, 5) is 19.1. The van der Waals surface area contributed by atoms with Gasteiger partial charge in [-0.2, -0.15) is 12.6 Å². The minimum Gasteiger partial charge on any atom is -0.480 e. The number of likely N-dealkylation sites (N-methyl/N-ethyl adjacent to an activating group) is 1. The number of aliphatic carboxylic acids is 1. The SMILES string of the molecule is CNC(CS)C(=O)O.NC(N)=O. The number of hydrogen-bond donors (Lipinski definition) is 5. The summed E-state index contributed by atoms with van der Waals surface area (Å²) in [5, 5.41) is 10.8. The van der Waals surface area contributed by atoms with E-state index in [0.717, 1.165) is 0 Å². The maximum absolute atomic E-state index is 10.1. The second-order valence-corrected chi connectivity index (χ2v) is 2.13. The van der Waals surface area contributed by atoms with Gasteiger partial charge in [0.25, 0.3) is 0 Å². The van der Waals surface area contributed by atoms with Crippen LogP contribution in [0.4, 0.5) is 4.79 Å². The average Bonchev–Trinajstić information content (AvgIpc) is 1.87. The van der Waals surface area contributed by atoms with E-state index in [1.54, 1.807) is 7.05 Å². The molecule has 0 aliphatic rings. The van der Waals surface area contributed by atoms with Gasteiger partial charge in [0.05, 0.1) is 0 Å². The largest absolute Gasteiger partial charge is 0.480 e. The van der Waals surface area contributed by atoms with Crippen molar-refractivity contribution in [2.24, 2.45) is 11.5 Å². The Morgan fingerprint density at radius 1 is 1.58 bits per heavy atom. The van der Waals surface area contributed by atoms with E-state index in [0.29, 0.717) is 5.75 Å². The zero-order valence-electron chi connectivity index (χ0n) is 6.65. The summed E-state index contributed by atoms with van der Waals surface area (Å²) in [5.41, 5.74) is 8.50. The van der Waals surface area contributed by atoms with Crippen LogP contribution in [0.2, 0.25) is 0 Å². The first-order chi connectivity index (χ1) is 5.45. The lowest BCUT2D eigenvalue weighted by Gasteiger charge is -2.04. The van der Waals surface area contributed by atoms with Crippen LogP contribution in [-0.4, -0.2) is 35.9 Å². The van der Waals surface area contributed by atoms with Gasteiger partial charge in [-0.05, 0) is 7.05 Å². The Labute approximate surface area is 75.7 Å². The molecule has 0 heterocycles. The third-order valence-electron chi connectivity index (χ3n) is 0.829. The third kappa shape index (κ3) is 11.8. The maximum atomic E-state index is 10.1. The summed E-state index contributed by atoms with van der Waals surface area (Å²) in [6.07, 6.45) is 0. The molecule has 6 nitrogen and oxygen atoms in total. The highest BCUT2D eigenvalue weighted by molar-refractivity contribution is 7.80. The highest BCUT2D eigenvalue weighted by Crippen LogP contribution is 1.84. The van der Waals surface area contributed by atoms with E-state index in [1.165, 1.54) is 0 Å². The Kier molecular flexibility index (Phi) is 9.25. The molecular weight excluding hydrogens is 182 g/mol.